The zero-order valence-corrected chi connectivity index (χ0v) is 8.82. The molecule has 0 aromatic carbocycles. The molecule has 1 N–H and O–H groups in total. The van der Waals surface area contributed by atoms with Crippen molar-refractivity contribution in [3.63, 3.8) is 0 Å². The van der Waals surface area contributed by atoms with E-state index in [1.54, 1.807) is 0 Å². The number of nitrogens with one attached hydrogen (secondary N) is 1. The van der Waals surface area contributed by atoms with E-state index in [-0.39, 0.29) is 0 Å². The Hall–Kier alpha value is -0.0400. The lowest BCUT2D eigenvalue weighted by molar-refractivity contribution is 0.308. The predicted octanol–water partition coefficient (Wildman–Crippen LogP) is 2.95. The number of rotatable bonds is 4. The number of hydrogen-bond donors (Lipinski definition) is 1. The van der Waals surface area contributed by atoms with E-state index in [0.717, 1.165) is 5.92 Å². The molecule has 0 bridgehead atoms. The Morgan fingerprint density at radius 2 is 2.25 bits per heavy atom. The van der Waals surface area contributed by atoms with Crippen molar-refractivity contribution in [2.75, 3.05) is 6.54 Å². The standard InChI is InChI=1S/C11H23N/c1-4-6-10(2)9-11(3)7-5-8-12-11/h10,12H,4-9H2,1-3H3. The van der Waals surface area contributed by atoms with Crippen LogP contribution in [-0.4, -0.2) is 12.1 Å². The molecule has 1 rings (SSSR count). The Bertz CT molecular complexity index is 125. The fourth-order valence-electron chi connectivity index (χ4n) is 2.50. The maximum absolute atomic E-state index is 3.62. The summed E-state index contributed by atoms with van der Waals surface area (Å²) in [5, 5.41) is 3.62. The van der Waals surface area contributed by atoms with Crippen LogP contribution in [0.2, 0.25) is 0 Å². The lowest BCUT2D eigenvalue weighted by Gasteiger charge is -2.27. The van der Waals surface area contributed by atoms with Gasteiger partial charge in [0, 0.05) is 5.54 Å². The van der Waals surface area contributed by atoms with Gasteiger partial charge in [-0.25, -0.2) is 0 Å². The fourth-order valence-corrected chi connectivity index (χ4v) is 2.50. The van der Waals surface area contributed by atoms with Gasteiger partial charge in [-0.1, -0.05) is 26.7 Å². The summed E-state index contributed by atoms with van der Waals surface area (Å²) in [6.45, 7) is 8.27. The molecule has 1 fully saturated rings. The Labute approximate surface area is 76.9 Å². The second-order valence-electron chi connectivity index (χ2n) is 4.69. The molecule has 0 radical (unpaired) electrons. The van der Waals surface area contributed by atoms with E-state index in [1.807, 2.05) is 0 Å². The van der Waals surface area contributed by atoms with Crippen LogP contribution in [0.3, 0.4) is 0 Å². The van der Waals surface area contributed by atoms with Crippen LogP contribution in [0, 0.1) is 5.92 Å². The third-order valence-electron chi connectivity index (χ3n) is 3.04. The van der Waals surface area contributed by atoms with Gasteiger partial charge in [-0.05, 0) is 38.6 Å². The van der Waals surface area contributed by atoms with Gasteiger partial charge in [0.2, 0.25) is 0 Å². The minimum Gasteiger partial charge on any atom is -0.312 e. The van der Waals surface area contributed by atoms with E-state index in [2.05, 4.69) is 26.1 Å². The second-order valence-corrected chi connectivity index (χ2v) is 4.69. The van der Waals surface area contributed by atoms with Gasteiger partial charge in [0.25, 0.3) is 0 Å². The molecule has 2 atom stereocenters. The summed E-state index contributed by atoms with van der Waals surface area (Å²) in [5.41, 5.74) is 0.467. The van der Waals surface area contributed by atoms with E-state index >= 15 is 0 Å². The fraction of sp³-hybridized carbons (Fsp3) is 1.00. The van der Waals surface area contributed by atoms with E-state index in [4.69, 9.17) is 0 Å². The summed E-state index contributed by atoms with van der Waals surface area (Å²) in [6.07, 6.45) is 6.83. The average molecular weight is 169 g/mol. The molecule has 0 amide bonds. The highest BCUT2D eigenvalue weighted by Crippen LogP contribution is 2.27. The molecule has 1 heteroatoms. The molecule has 1 heterocycles. The van der Waals surface area contributed by atoms with E-state index in [9.17, 15) is 0 Å². The summed E-state index contributed by atoms with van der Waals surface area (Å²) in [6, 6.07) is 0. The maximum atomic E-state index is 3.62. The van der Waals surface area contributed by atoms with E-state index in [0.29, 0.717) is 5.54 Å². The lowest BCUT2D eigenvalue weighted by Crippen LogP contribution is -2.37. The smallest absolute Gasteiger partial charge is 0.0156 e. The third-order valence-corrected chi connectivity index (χ3v) is 3.04. The SMILES string of the molecule is CCCC(C)CC1(C)CCCN1. The zero-order chi connectivity index (χ0) is 9.03. The minimum atomic E-state index is 0.467. The van der Waals surface area contributed by atoms with Crippen molar-refractivity contribution >= 4 is 0 Å². The van der Waals surface area contributed by atoms with Gasteiger partial charge in [0.05, 0.1) is 0 Å². The van der Waals surface area contributed by atoms with E-state index < -0.39 is 0 Å². The van der Waals surface area contributed by atoms with Crippen LogP contribution in [0.4, 0.5) is 0 Å². The van der Waals surface area contributed by atoms with Crippen LogP contribution < -0.4 is 5.32 Å². The van der Waals surface area contributed by atoms with Crippen molar-refractivity contribution in [2.24, 2.45) is 5.92 Å². The predicted molar refractivity (Wildman–Crippen MR) is 54.3 cm³/mol. The highest BCUT2D eigenvalue weighted by atomic mass is 15.0. The Kier molecular flexibility index (Phi) is 3.57. The van der Waals surface area contributed by atoms with Crippen LogP contribution in [0.25, 0.3) is 0 Å². The molecule has 0 aromatic rings. The van der Waals surface area contributed by atoms with Crippen LogP contribution in [0.5, 0.6) is 0 Å². The molecule has 12 heavy (non-hydrogen) atoms. The first-order valence-electron chi connectivity index (χ1n) is 5.41. The molecule has 1 nitrogen and oxygen atoms in total. The second kappa shape index (κ2) is 4.27. The van der Waals surface area contributed by atoms with Crippen molar-refractivity contribution in [3.8, 4) is 0 Å². The largest absolute Gasteiger partial charge is 0.312 e. The van der Waals surface area contributed by atoms with Crippen LogP contribution in [0.15, 0.2) is 0 Å². The molecule has 0 spiro atoms. The highest BCUT2D eigenvalue weighted by Gasteiger charge is 2.28. The molecule has 0 aromatic heterocycles. The van der Waals surface area contributed by atoms with Gasteiger partial charge < -0.3 is 5.32 Å². The lowest BCUT2D eigenvalue weighted by atomic mass is 9.86. The Morgan fingerprint density at radius 1 is 1.50 bits per heavy atom. The number of hydrogen-bond acceptors (Lipinski definition) is 1. The van der Waals surface area contributed by atoms with Crippen LogP contribution in [0.1, 0.15) is 52.9 Å². The topological polar surface area (TPSA) is 12.0 Å². The van der Waals surface area contributed by atoms with Gasteiger partial charge >= 0.3 is 0 Å². The monoisotopic (exact) mass is 169 g/mol. The summed E-state index contributed by atoms with van der Waals surface area (Å²) < 4.78 is 0. The van der Waals surface area contributed by atoms with Crippen molar-refractivity contribution in [3.05, 3.63) is 0 Å². The molecule has 2 unspecified atom stereocenters. The van der Waals surface area contributed by atoms with Crippen molar-refractivity contribution < 1.29 is 0 Å². The molecular formula is C11H23N. The highest BCUT2D eigenvalue weighted by molar-refractivity contribution is 4.89. The van der Waals surface area contributed by atoms with Gasteiger partial charge in [-0.15, -0.1) is 0 Å². The van der Waals surface area contributed by atoms with Gasteiger partial charge in [0.1, 0.15) is 0 Å². The molecule has 72 valence electrons. The van der Waals surface area contributed by atoms with Crippen LogP contribution in [-0.2, 0) is 0 Å². The molecule has 1 aliphatic rings. The summed E-state index contributed by atoms with van der Waals surface area (Å²) in [4.78, 5) is 0. The maximum Gasteiger partial charge on any atom is 0.0156 e. The first kappa shape index (κ1) is 10.0. The molecule has 0 saturated carbocycles. The minimum absolute atomic E-state index is 0.467. The molecule has 1 aliphatic heterocycles. The van der Waals surface area contributed by atoms with Crippen molar-refractivity contribution in [1.29, 1.82) is 0 Å². The van der Waals surface area contributed by atoms with Crippen LogP contribution >= 0.6 is 0 Å². The zero-order valence-electron chi connectivity index (χ0n) is 8.82. The quantitative estimate of drug-likeness (QED) is 0.682. The molecular weight excluding hydrogens is 146 g/mol. The summed E-state index contributed by atoms with van der Waals surface area (Å²) >= 11 is 0. The van der Waals surface area contributed by atoms with Crippen molar-refractivity contribution in [1.82, 2.24) is 5.32 Å². The van der Waals surface area contributed by atoms with E-state index in [1.165, 1.54) is 38.6 Å². The first-order valence-corrected chi connectivity index (χ1v) is 5.41. The van der Waals surface area contributed by atoms with Crippen molar-refractivity contribution in [2.45, 2.75) is 58.4 Å². The Balaban J connectivity index is 2.28. The Morgan fingerprint density at radius 3 is 2.75 bits per heavy atom. The first-order chi connectivity index (χ1) is 5.66. The third kappa shape index (κ3) is 2.78. The average Bonchev–Trinajstić information content (AvgIpc) is 2.36. The molecule has 0 aliphatic carbocycles. The van der Waals surface area contributed by atoms with Gasteiger partial charge in [-0.2, -0.15) is 0 Å². The normalized spacial score (nSPS) is 32.2. The summed E-state index contributed by atoms with van der Waals surface area (Å²) in [5.74, 6) is 0.894. The van der Waals surface area contributed by atoms with Gasteiger partial charge in [-0.3, -0.25) is 0 Å². The molecule has 1 saturated heterocycles. The summed E-state index contributed by atoms with van der Waals surface area (Å²) in [7, 11) is 0. The van der Waals surface area contributed by atoms with Gasteiger partial charge in [0.15, 0.2) is 0 Å².